The van der Waals surface area contributed by atoms with Gasteiger partial charge in [0.2, 0.25) is 5.91 Å². The van der Waals surface area contributed by atoms with E-state index in [2.05, 4.69) is 74.1 Å². The number of thioether (sulfide) groups is 1. The number of allylic oxidation sites excluding steroid dienone is 1. The molecule has 0 aliphatic heterocycles. The fourth-order valence-corrected chi connectivity index (χ4v) is 4.69. The Morgan fingerprint density at radius 2 is 1.93 bits per heavy atom. The van der Waals surface area contributed by atoms with Crippen molar-refractivity contribution in [1.82, 2.24) is 20.1 Å². The summed E-state index contributed by atoms with van der Waals surface area (Å²) in [6.45, 7) is 13.3. The lowest BCUT2D eigenvalue weighted by Crippen LogP contribution is -2.41. The standard InChI is InChI=1S/C24H34N4OS/c1-6-15-28-22(18-11-13-19(14-12-18)24(3,4)5)26-27-23(28)30-16-21(29)25-20-10-8-7-9-17(20)2/h6,11-14,17,20H,1,7-10,15-16H2,2-5H3,(H,25,29)/t17-,20-/m0/s1. The maximum atomic E-state index is 12.5. The van der Waals surface area contributed by atoms with E-state index in [1.807, 2.05) is 10.6 Å². The molecule has 1 amide bonds. The van der Waals surface area contributed by atoms with Crippen LogP contribution < -0.4 is 5.32 Å². The average molecular weight is 427 g/mol. The van der Waals surface area contributed by atoms with Crippen molar-refractivity contribution in [2.45, 2.75) is 76.5 Å². The molecule has 0 spiro atoms. The predicted molar refractivity (Wildman–Crippen MR) is 125 cm³/mol. The molecule has 2 atom stereocenters. The average Bonchev–Trinajstić information content (AvgIpc) is 3.10. The van der Waals surface area contributed by atoms with Gasteiger partial charge in [-0.25, -0.2) is 0 Å². The molecule has 6 heteroatoms. The highest BCUT2D eigenvalue weighted by Gasteiger charge is 2.23. The van der Waals surface area contributed by atoms with Gasteiger partial charge in [0, 0.05) is 18.2 Å². The largest absolute Gasteiger partial charge is 0.352 e. The fourth-order valence-electron chi connectivity index (χ4n) is 3.93. The Hall–Kier alpha value is -2.08. The Balaban J connectivity index is 1.69. The van der Waals surface area contributed by atoms with Crippen LogP contribution in [0.4, 0.5) is 0 Å². The van der Waals surface area contributed by atoms with Crippen LogP contribution in [0.15, 0.2) is 42.1 Å². The summed E-state index contributed by atoms with van der Waals surface area (Å²) in [5.41, 5.74) is 2.41. The van der Waals surface area contributed by atoms with Crippen LogP contribution in [0.2, 0.25) is 0 Å². The molecule has 0 radical (unpaired) electrons. The molecule has 1 aromatic carbocycles. The molecule has 0 bridgehead atoms. The van der Waals surface area contributed by atoms with E-state index in [0.29, 0.717) is 24.3 Å². The summed E-state index contributed by atoms with van der Waals surface area (Å²) in [5.74, 6) is 1.78. The number of hydrogen-bond acceptors (Lipinski definition) is 4. The smallest absolute Gasteiger partial charge is 0.230 e. The van der Waals surface area contributed by atoms with Crippen molar-refractivity contribution < 1.29 is 4.79 Å². The van der Waals surface area contributed by atoms with Gasteiger partial charge in [-0.2, -0.15) is 0 Å². The van der Waals surface area contributed by atoms with E-state index in [0.717, 1.165) is 23.0 Å². The molecular weight excluding hydrogens is 392 g/mol. The highest BCUT2D eigenvalue weighted by atomic mass is 32.2. The molecule has 1 N–H and O–H groups in total. The summed E-state index contributed by atoms with van der Waals surface area (Å²) >= 11 is 1.44. The van der Waals surface area contributed by atoms with E-state index in [4.69, 9.17) is 0 Å². The highest BCUT2D eigenvalue weighted by Crippen LogP contribution is 2.28. The Bertz CT molecular complexity index is 866. The Kier molecular flexibility index (Phi) is 7.40. The third kappa shape index (κ3) is 5.54. The number of hydrogen-bond donors (Lipinski definition) is 1. The molecule has 0 unspecified atom stereocenters. The lowest BCUT2D eigenvalue weighted by atomic mass is 9.86. The molecular formula is C24H34N4OS. The van der Waals surface area contributed by atoms with Crippen LogP contribution in [-0.2, 0) is 16.8 Å². The topological polar surface area (TPSA) is 59.8 Å². The van der Waals surface area contributed by atoms with Crippen molar-refractivity contribution in [2.24, 2.45) is 5.92 Å². The van der Waals surface area contributed by atoms with Crippen molar-refractivity contribution in [1.29, 1.82) is 0 Å². The first-order valence-corrected chi connectivity index (χ1v) is 11.9. The van der Waals surface area contributed by atoms with Crippen LogP contribution in [0, 0.1) is 5.92 Å². The number of benzene rings is 1. The van der Waals surface area contributed by atoms with Crippen LogP contribution in [0.1, 0.15) is 58.9 Å². The molecule has 5 nitrogen and oxygen atoms in total. The van der Waals surface area contributed by atoms with Crippen molar-refractivity contribution in [3.05, 3.63) is 42.5 Å². The van der Waals surface area contributed by atoms with Gasteiger partial charge in [-0.15, -0.1) is 16.8 Å². The number of amides is 1. The third-order valence-corrected chi connectivity index (χ3v) is 6.79. The van der Waals surface area contributed by atoms with E-state index in [-0.39, 0.29) is 11.3 Å². The zero-order valence-corrected chi connectivity index (χ0v) is 19.5. The van der Waals surface area contributed by atoms with Crippen molar-refractivity contribution >= 4 is 17.7 Å². The molecule has 1 saturated carbocycles. The Morgan fingerprint density at radius 3 is 2.57 bits per heavy atom. The number of aromatic nitrogens is 3. The SMILES string of the molecule is C=CCn1c(SCC(=O)N[C@H]2CCCC[C@@H]2C)nnc1-c1ccc(C(C)(C)C)cc1. The van der Waals surface area contributed by atoms with Gasteiger partial charge in [0.25, 0.3) is 0 Å². The molecule has 30 heavy (non-hydrogen) atoms. The number of carbonyl (C=O) groups is 1. The summed E-state index contributed by atoms with van der Waals surface area (Å²) in [5, 5.41) is 12.7. The quantitative estimate of drug-likeness (QED) is 0.487. The molecule has 162 valence electrons. The third-order valence-electron chi connectivity index (χ3n) is 5.83. The van der Waals surface area contributed by atoms with Crippen LogP contribution in [0.3, 0.4) is 0 Å². The van der Waals surface area contributed by atoms with Crippen LogP contribution in [0.25, 0.3) is 11.4 Å². The molecule has 3 rings (SSSR count). The van der Waals surface area contributed by atoms with Crippen LogP contribution in [-0.4, -0.2) is 32.5 Å². The first-order chi connectivity index (χ1) is 14.3. The van der Waals surface area contributed by atoms with Gasteiger partial charge in [0.05, 0.1) is 5.75 Å². The van der Waals surface area contributed by atoms with E-state index in [9.17, 15) is 4.79 Å². The monoisotopic (exact) mass is 426 g/mol. The van der Waals surface area contributed by atoms with Crippen LogP contribution >= 0.6 is 11.8 Å². The summed E-state index contributed by atoms with van der Waals surface area (Å²) in [7, 11) is 0. The van der Waals surface area contributed by atoms with E-state index < -0.39 is 0 Å². The summed E-state index contributed by atoms with van der Waals surface area (Å²) < 4.78 is 2.03. The number of nitrogens with zero attached hydrogens (tertiary/aromatic N) is 3. The van der Waals surface area contributed by atoms with Gasteiger partial charge in [0.15, 0.2) is 11.0 Å². The van der Waals surface area contributed by atoms with Crippen LogP contribution in [0.5, 0.6) is 0 Å². The van der Waals surface area contributed by atoms with Crippen molar-refractivity contribution in [3.8, 4) is 11.4 Å². The van der Waals surface area contributed by atoms with E-state index in [1.165, 1.54) is 36.6 Å². The first-order valence-electron chi connectivity index (χ1n) is 10.9. The number of nitrogens with one attached hydrogen (secondary N) is 1. The highest BCUT2D eigenvalue weighted by molar-refractivity contribution is 7.99. The number of carbonyl (C=O) groups excluding carboxylic acids is 1. The molecule has 1 heterocycles. The minimum Gasteiger partial charge on any atom is -0.352 e. The van der Waals surface area contributed by atoms with Gasteiger partial charge >= 0.3 is 0 Å². The maximum absolute atomic E-state index is 12.5. The van der Waals surface area contributed by atoms with Crippen molar-refractivity contribution in [2.75, 3.05) is 5.75 Å². The second-order valence-electron chi connectivity index (χ2n) is 9.26. The van der Waals surface area contributed by atoms with E-state index >= 15 is 0 Å². The zero-order chi connectivity index (χ0) is 21.7. The van der Waals surface area contributed by atoms with Gasteiger partial charge in [-0.1, -0.05) is 82.6 Å². The normalized spacial score (nSPS) is 19.5. The molecule has 1 fully saturated rings. The lowest BCUT2D eigenvalue weighted by molar-refractivity contribution is -0.119. The molecule has 2 aromatic rings. The molecule has 0 saturated heterocycles. The fraction of sp³-hybridized carbons (Fsp3) is 0.542. The first kappa shape index (κ1) is 22.6. The molecule has 1 aromatic heterocycles. The molecule has 1 aliphatic carbocycles. The van der Waals surface area contributed by atoms with Gasteiger partial charge < -0.3 is 5.32 Å². The number of rotatable bonds is 7. The zero-order valence-electron chi connectivity index (χ0n) is 18.6. The summed E-state index contributed by atoms with van der Waals surface area (Å²) in [6, 6.07) is 8.78. The minimum absolute atomic E-state index is 0.0722. The second-order valence-corrected chi connectivity index (χ2v) is 10.2. The summed E-state index contributed by atoms with van der Waals surface area (Å²) in [4.78, 5) is 12.5. The summed E-state index contributed by atoms with van der Waals surface area (Å²) in [6.07, 6.45) is 6.59. The lowest BCUT2D eigenvalue weighted by Gasteiger charge is -2.29. The predicted octanol–water partition coefficient (Wildman–Crippen LogP) is 5.22. The van der Waals surface area contributed by atoms with Gasteiger partial charge in [-0.3, -0.25) is 9.36 Å². The molecule has 1 aliphatic rings. The van der Waals surface area contributed by atoms with Gasteiger partial charge in [0.1, 0.15) is 0 Å². The van der Waals surface area contributed by atoms with E-state index in [1.54, 1.807) is 0 Å². The minimum atomic E-state index is 0.0722. The maximum Gasteiger partial charge on any atom is 0.230 e. The van der Waals surface area contributed by atoms with Gasteiger partial charge in [-0.05, 0) is 29.7 Å². The Labute approximate surface area is 184 Å². The Morgan fingerprint density at radius 1 is 1.23 bits per heavy atom. The van der Waals surface area contributed by atoms with Crippen molar-refractivity contribution in [3.63, 3.8) is 0 Å². The second kappa shape index (κ2) is 9.82.